The van der Waals surface area contributed by atoms with Crippen LogP contribution < -0.4 is 11.1 Å². The number of aldehydes is 1. The van der Waals surface area contributed by atoms with Gasteiger partial charge in [-0.3, -0.25) is 9.78 Å². The number of nitrogens with one attached hydrogen (secondary N) is 1. The van der Waals surface area contributed by atoms with Gasteiger partial charge in [0.1, 0.15) is 23.0 Å². The predicted octanol–water partition coefficient (Wildman–Crippen LogP) is 5.38. The quantitative estimate of drug-likeness (QED) is 0.377. The lowest BCUT2D eigenvalue weighted by atomic mass is 9.68. The van der Waals surface area contributed by atoms with Crippen molar-refractivity contribution in [2.24, 2.45) is 17.6 Å². The zero-order chi connectivity index (χ0) is 26.5. The number of anilines is 1. The largest absolute Gasteiger partial charge is 0.387 e. The summed E-state index contributed by atoms with van der Waals surface area (Å²) in [6.45, 7) is 4.61. The lowest BCUT2D eigenvalue weighted by molar-refractivity contribution is -0.0397. The van der Waals surface area contributed by atoms with Crippen molar-refractivity contribution in [1.29, 1.82) is 0 Å². The molecule has 196 valence electrons. The summed E-state index contributed by atoms with van der Waals surface area (Å²) in [4.78, 5) is 19.6. The Bertz CT molecular complexity index is 1240. The van der Waals surface area contributed by atoms with E-state index in [1.807, 2.05) is 26.2 Å². The minimum absolute atomic E-state index is 0.0446. The minimum atomic E-state index is -0.672. The average molecular weight is 509 g/mol. The fourth-order valence-electron chi connectivity index (χ4n) is 5.76. The molecule has 0 aliphatic heterocycles. The maximum atomic E-state index is 15.1. The number of ether oxygens (including phenoxy) is 1. The van der Waals surface area contributed by atoms with Gasteiger partial charge < -0.3 is 15.8 Å². The summed E-state index contributed by atoms with van der Waals surface area (Å²) in [6.07, 6.45) is 6.09. The van der Waals surface area contributed by atoms with E-state index in [1.54, 1.807) is 18.3 Å². The van der Waals surface area contributed by atoms with Crippen LogP contribution in [0.5, 0.6) is 0 Å². The molecule has 37 heavy (non-hydrogen) atoms. The van der Waals surface area contributed by atoms with Crippen molar-refractivity contribution < 1.29 is 18.3 Å². The molecule has 1 aliphatic carbocycles. The summed E-state index contributed by atoms with van der Waals surface area (Å²) in [5.74, 6) is -0.909. The summed E-state index contributed by atoms with van der Waals surface area (Å²) >= 11 is 0. The molecule has 1 saturated carbocycles. The normalized spacial score (nSPS) is 22.4. The number of hydrogen-bond acceptors (Lipinski definition) is 6. The van der Waals surface area contributed by atoms with Crippen LogP contribution in [0.3, 0.4) is 0 Å². The topological polar surface area (TPSA) is 90.1 Å². The van der Waals surface area contributed by atoms with E-state index in [1.165, 1.54) is 17.7 Å². The molecule has 3 N–H and O–H groups in total. The SMILES string of the molecule is CCO[C@@H]1C(N)CC(c2ccncc2NC)CC1C(C)Cc1cccc(F)c1-c1nc(C=O)ccc1F. The molecular formula is C29H34F2N4O2. The van der Waals surface area contributed by atoms with Gasteiger partial charge in [-0.2, -0.15) is 0 Å². The van der Waals surface area contributed by atoms with Crippen molar-refractivity contribution in [3.63, 3.8) is 0 Å². The number of nitrogens with zero attached hydrogens (tertiary/aromatic N) is 2. The Hall–Kier alpha value is -3.23. The second-order valence-corrected chi connectivity index (χ2v) is 9.77. The fourth-order valence-corrected chi connectivity index (χ4v) is 5.76. The van der Waals surface area contributed by atoms with Crippen molar-refractivity contribution in [3.8, 4) is 11.3 Å². The van der Waals surface area contributed by atoms with Gasteiger partial charge in [0, 0.05) is 31.5 Å². The molecule has 2 heterocycles. The molecule has 1 aliphatic rings. The molecule has 3 aromatic rings. The first-order valence-corrected chi connectivity index (χ1v) is 12.8. The number of pyridine rings is 2. The number of nitrogens with two attached hydrogens (primary N) is 1. The molecule has 1 aromatic carbocycles. The highest BCUT2D eigenvalue weighted by molar-refractivity contribution is 5.75. The summed E-state index contributed by atoms with van der Waals surface area (Å²) in [5.41, 5.74) is 9.45. The molecule has 0 spiro atoms. The van der Waals surface area contributed by atoms with Gasteiger partial charge in [0.25, 0.3) is 0 Å². The minimum Gasteiger partial charge on any atom is -0.387 e. The van der Waals surface area contributed by atoms with Crippen LogP contribution in [0, 0.1) is 23.5 Å². The van der Waals surface area contributed by atoms with Crippen LogP contribution >= 0.6 is 0 Å². The smallest absolute Gasteiger partial charge is 0.168 e. The Morgan fingerprint density at radius 1 is 1.19 bits per heavy atom. The Kier molecular flexibility index (Phi) is 8.61. The third-order valence-corrected chi connectivity index (χ3v) is 7.48. The van der Waals surface area contributed by atoms with Crippen molar-refractivity contribution >= 4 is 12.0 Å². The number of benzene rings is 1. The van der Waals surface area contributed by atoms with E-state index >= 15 is 4.39 Å². The van der Waals surface area contributed by atoms with Gasteiger partial charge in [0.2, 0.25) is 0 Å². The van der Waals surface area contributed by atoms with Gasteiger partial charge in [0.15, 0.2) is 6.29 Å². The Labute approximate surface area is 216 Å². The molecule has 0 radical (unpaired) electrons. The predicted molar refractivity (Wildman–Crippen MR) is 140 cm³/mol. The van der Waals surface area contributed by atoms with Gasteiger partial charge in [-0.1, -0.05) is 19.1 Å². The fraction of sp³-hybridized carbons (Fsp3) is 0.414. The molecule has 4 unspecified atom stereocenters. The molecule has 8 heteroatoms. The lowest BCUT2D eigenvalue weighted by Gasteiger charge is -2.43. The first-order chi connectivity index (χ1) is 17.9. The Morgan fingerprint density at radius 3 is 2.73 bits per heavy atom. The highest BCUT2D eigenvalue weighted by Crippen LogP contribution is 2.43. The zero-order valence-electron chi connectivity index (χ0n) is 21.5. The van der Waals surface area contributed by atoms with Crippen LogP contribution in [-0.4, -0.2) is 42.1 Å². The molecule has 1 fully saturated rings. The number of carbonyl (C=O) groups excluding carboxylic acids is 1. The number of aromatic nitrogens is 2. The molecule has 0 saturated heterocycles. The highest BCUT2D eigenvalue weighted by Gasteiger charge is 2.40. The summed E-state index contributed by atoms with van der Waals surface area (Å²) in [5, 5.41) is 3.23. The van der Waals surface area contributed by atoms with Crippen LogP contribution in [0.2, 0.25) is 0 Å². The Balaban J connectivity index is 1.68. The van der Waals surface area contributed by atoms with Crippen molar-refractivity contribution in [2.75, 3.05) is 19.0 Å². The monoisotopic (exact) mass is 508 g/mol. The molecule has 4 rings (SSSR count). The molecule has 0 bridgehead atoms. The number of carbonyl (C=O) groups is 1. The average Bonchev–Trinajstić information content (AvgIpc) is 2.90. The van der Waals surface area contributed by atoms with E-state index in [0.29, 0.717) is 24.9 Å². The van der Waals surface area contributed by atoms with Crippen LogP contribution in [0.15, 0.2) is 48.8 Å². The van der Waals surface area contributed by atoms with Gasteiger partial charge >= 0.3 is 0 Å². The summed E-state index contributed by atoms with van der Waals surface area (Å²) in [7, 11) is 1.88. The van der Waals surface area contributed by atoms with Crippen molar-refractivity contribution in [2.45, 2.75) is 51.2 Å². The van der Waals surface area contributed by atoms with Gasteiger partial charge in [-0.25, -0.2) is 13.8 Å². The molecule has 6 nitrogen and oxygen atoms in total. The van der Waals surface area contributed by atoms with E-state index in [-0.39, 0.29) is 46.9 Å². The molecule has 5 atom stereocenters. The molecule has 2 aromatic heterocycles. The third-order valence-electron chi connectivity index (χ3n) is 7.48. The van der Waals surface area contributed by atoms with E-state index in [2.05, 4.69) is 22.2 Å². The maximum Gasteiger partial charge on any atom is 0.168 e. The zero-order valence-corrected chi connectivity index (χ0v) is 21.5. The standard InChI is InChI=1S/C29H34F2N4O2/c1-4-37-29-22(13-19(14-25(29)32)21-10-11-34-15-26(21)33-3)17(2)12-18-6-5-7-23(30)27(18)28-24(31)9-8-20(16-36)35-28/h5-11,15-17,19,22,25,29,33H,4,12-14,32H2,1-3H3/t17?,19?,22?,25?,29-/m0/s1. The third kappa shape index (κ3) is 5.70. The summed E-state index contributed by atoms with van der Waals surface area (Å²) in [6, 6.07) is 9.00. The van der Waals surface area contributed by atoms with Crippen LogP contribution in [0.4, 0.5) is 14.5 Å². The van der Waals surface area contributed by atoms with Crippen LogP contribution in [0.1, 0.15) is 54.2 Å². The second kappa shape index (κ2) is 11.9. The highest BCUT2D eigenvalue weighted by atomic mass is 19.1. The molecular weight excluding hydrogens is 474 g/mol. The number of rotatable bonds is 9. The van der Waals surface area contributed by atoms with Crippen molar-refractivity contribution in [3.05, 3.63) is 77.2 Å². The van der Waals surface area contributed by atoms with E-state index < -0.39 is 11.6 Å². The number of hydrogen-bond donors (Lipinski definition) is 2. The van der Waals surface area contributed by atoms with Gasteiger partial charge in [-0.15, -0.1) is 0 Å². The maximum absolute atomic E-state index is 15.1. The Morgan fingerprint density at radius 2 is 2.00 bits per heavy atom. The second-order valence-electron chi connectivity index (χ2n) is 9.77. The van der Waals surface area contributed by atoms with Crippen LogP contribution in [0.25, 0.3) is 11.3 Å². The van der Waals surface area contributed by atoms with E-state index in [0.717, 1.165) is 24.6 Å². The first kappa shape index (κ1) is 26.8. The summed E-state index contributed by atoms with van der Waals surface area (Å²) < 4.78 is 36.1. The van der Waals surface area contributed by atoms with E-state index in [4.69, 9.17) is 10.5 Å². The van der Waals surface area contributed by atoms with Crippen molar-refractivity contribution in [1.82, 2.24) is 9.97 Å². The van der Waals surface area contributed by atoms with Crippen LogP contribution in [-0.2, 0) is 11.2 Å². The molecule has 0 amide bonds. The lowest BCUT2D eigenvalue weighted by Crippen LogP contribution is -2.49. The van der Waals surface area contributed by atoms with Gasteiger partial charge in [0.05, 0.1) is 18.0 Å². The van der Waals surface area contributed by atoms with Gasteiger partial charge in [-0.05, 0) is 79.3 Å². The first-order valence-electron chi connectivity index (χ1n) is 12.8. The van der Waals surface area contributed by atoms with E-state index in [9.17, 15) is 9.18 Å². The number of halogens is 2.